The number of aryl methyl sites for hydroxylation is 1. The van der Waals surface area contributed by atoms with Crippen LogP contribution < -0.4 is 0 Å². The number of aliphatic hydroxyl groups is 1. The Bertz CT molecular complexity index is 471. The summed E-state index contributed by atoms with van der Waals surface area (Å²) >= 11 is 0. The highest BCUT2D eigenvalue weighted by Crippen LogP contribution is 2.22. The number of aromatic nitrogens is 1. The van der Waals surface area contributed by atoms with Gasteiger partial charge in [-0.2, -0.15) is 0 Å². The first-order valence-corrected chi connectivity index (χ1v) is 8.13. The molecule has 5 heteroatoms. The fourth-order valence-electron chi connectivity index (χ4n) is 1.85. The van der Waals surface area contributed by atoms with Gasteiger partial charge in [0.25, 0.3) is 0 Å². The van der Waals surface area contributed by atoms with Gasteiger partial charge in [-0.3, -0.25) is 4.98 Å². The molecule has 0 radical (unpaired) electrons. The van der Waals surface area contributed by atoms with Gasteiger partial charge in [0, 0.05) is 18.1 Å². The molecule has 0 saturated heterocycles. The van der Waals surface area contributed by atoms with Gasteiger partial charge in [-0.05, 0) is 36.5 Å². The highest BCUT2D eigenvalue weighted by molar-refractivity contribution is 7.91. The van der Waals surface area contributed by atoms with E-state index in [2.05, 4.69) is 4.98 Å². The van der Waals surface area contributed by atoms with Crippen LogP contribution in [0.2, 0.25) is 0 Å². The molecular weight excluding hydrogens is 250 g/mol. The summed E-state index contributed by atoms with van der Waals surface area (Å²) in [6.07, 6.45) is 4.57. The summed E-state index contributed by atoms with van der Waals surface area (Å²) in [4.78, 5) is 4.02. The van der Waals surface area contributed by atoms with Crippen LogP contribution in [0, 0.1) is 0 Å². The molecule has 1 atom stereocenters. The van der Waals surface area contributed by atoms with Gasteiger partial charge in [0.1, 0.15) is 9.84 Å². The predicted molar refractivity (Wildman–Crippen MR) is 72.1 cm³/mol. The molecule has 1 heterocycles. The molecule has 0 spiro atoms. The van der Waals surface area contributed by atoms with Crippen LogP contribution in [0.5, 0.6) is 0 Å². The summed E-state index contributed by atoms with van der Waals surface area (Å²) in [7, 11) is -2.94. The van der Waals surface area contributed by atoms with Crippen molar-refractivity contribution in [1.29, 1.82) is 0 Å². The van der Waals surface area contributed by atoms with Crippen LogP contribution in [0.25, 0.3) is 0 Å². The molecule has 0 bridgehead atoms. The molecule has 1 rings (SSSR count). The number of hydrogen-bond donors (Lipinski definition) is 1. The maximum absolute atomic E-state index is 11.3. The van der Waals surface area contributed by atoms with Crippen LogP contribution in [-0.2, 0) is 16.3 Å². The van der Waals surface area contributed by atoms with Crippen LogP contribution in [-0.4, -0.2) is 30.0 Å². The maximum atomic E-state index is 11.3. The second kappa shape index (κ2) is 6.85. The molecule has 0 aliphatic rings. The lowest BCUT2D eigenvalue weighted by molar-refractivity contribution is 0.165. The van der Waals surface area contributed by atoms with Crippen LogP contribution in [0.15, 0.2) is 18.5 Å². The Balaban J connectivity index is 2.58. The van der Waals surface area contributed by atoms with Gasteiger partial charge in [0.05, 0.1) is 11.9 Å². The molecule has 0 aromatic carbocycles. The Labute approximate surface area is 109 Å². The van der Waals surface area contributed by atoms with E-state index in [0.717, 1.165) is 17.5 Å². The topological polar surface area (TPSA) is 67.3 Å². The van der Waals surface area contributed by atoms with Crippen molar-refractivity contribution in [3.63, 3.8) is 0 Å². The third-order valence-corrected chi connectivity index (χ3v) is 4.84. The average Bonchev–Trinajstić information content (AvgIpc) is 2.38. The Morgan fingerprint density at radius 2 is 2.11 bits per heavy atom. The molecule has 1 unspecified atom stereocenters. The van der Waals surface area contributed by atoms with Crippen LogP contribution in [0.3, 0.4) is 0 Å². The van der Waals surface area contributed by atoms with Gasteiger partial charge in [-0.25, -0.2) is 8.42 Å². The first kappa shape index (κ1) is 15.1. The van der Waals surface area contributed by atoms with Crippen molar-refractivity contribution in [2.75, 3.05) is 11.5 Å². The van der Waals surface area contributed by atoms with Crippen molar-refractivity contribution in [2.24, 2.45) is 0 Å². The quantitative estimate of drug-likeness (QED) is 0.822. The Hall–Kier alpha value is -0.940. The number of hydrogen-bond acceptors (Lipinski definition) is 4. The molecule has 0 amide bonds. The summed E-state index contributed by atoms with van der Waals surface area (Å²) in [6.45, 7) is 3.65. The molecule has 0 aliphatic carbocycles. The standard InChI is InChI=1S/C13H21NO3S/c1-3-11-10-14-8-7-12(11)13(15)6-5-9-18(16,17)4-2/h7-8,10,13,15H,3-6,9H2,1-2H3. The van der Waals surface area contributed by atoms with Crippen LogP contribution >= 0.6 is 0 Å². The van der Waals surface area contributed by atoms with Gasteiger partial charge >= 0.3 is 0 Å². The van der Waals surface area contributed by atoms with Gasteiger partial charge in [-0.1, -0.05) is 13.8 Å². The van der Waals surface area contributed by atoms with E-state index in [1.54, 1.807) is 25.4 Å². The lowest BCUT2D eigenvalue weighted by Crippen LogP contribution is -2.10. The summed E-state index contributed by atoms with van der Waals surface area (Å²) in [5, 5.41) is 10.1. The Morgan fingerprint density at radius 3 is 2.72 bits per heavy atom. The molecule has 102 valence electrons. The number of sulfone groups is 1. The van der Waals surface area contributed by atoms with Crippen molar-refractivity contribution in [2.45, 2.75) is 39.2 Å². The van der Waals surface area contributed by atoms with Crippen LogP contribution in [0.1, 0.15) is 43.9 Å². The van der Waals surface area contributed by atoms with E-state index in [0.29, 0.717) is 12.8 Å². The normalized spacial score (nSPS) is 13.5. The third-order valence-electron chi connectivity index (χ3n) is 3.05. The fraction of sp³-hybridized carbons (Fsp3) is 0.615. The number of pyridine rings is 1. The van der Waals surface area contributed by atoms with Crippen LogP contribution in [0.4, 0.5) is 0 Å². The zero-order valence-corrected chi connectivity index (χ0v) is 11.8. The second-order valence-electron chi connectivity index (χ2n) is 4.32. The minimum Gasteiger partial charge on any atom is -0.388 e. The molecule has 0 fully saturated rings. The first-order valence-electron chi connectivity index (χ1n) is 6.31. The lowest BCUT2D eigenvalue weighted by Gasteiger charge is -2.14. The van der Waals surface area contributed by atoms with E-state index in [9.17, 15) is 13.5 Å². The summed E-state index contributed by atoms with van der Waals surface area (Å²) in [6, 6.07) is 1.80. The summed E-state index contributed by atoms with van der Waals surface area (Å²) in [5.74, 6) is 0.311. The molecule has 18 heavy (non-hydrogen) atoms. The third kappa shape index (κ3) is 4.38. The number of nitrogens with zero attached hydrogens (tertiary/aromatic N) is 1. The maximum Gasteiger partial charge on any atom is 0.150 e. The first-order chi connectivity index (χ1) is 8.50. The van der Waals surface area contributed by atoms with Crippen molar-refractivity contribution in [3.8, 4) is 0 Å². The predicted octanol–water partition coefficient (Wildman–Crippen LogP) is 1.89. The van der Waals surface area contributed by atoms with Crippen molar-refractivity contribution < 1.29 is 13.5 Å². The van der Waals surface area contributed by atoms with E-state index in [1.807, 2.05) is 6.92 Å². The van der Waals surface area contributed by atoms with Crippen molar-refractivity contribution in [1.82, 2.24) is 4.98 Å². The van der Waals surface area contributed by atoms with Crippen molar-refractivity contribution >= 4 is 9.84 Å². The van der Waals surface area contributed by atoms with E-state index in [-0.39, 0.29) is 11.5 Å². The second-order valence-corrected chi connectivity index (χ2v) is 6.80. The summed E-state index contributed by atoms with van der Waals surface area (Å²) < 4.78 is 22.7. The molecule has 1 aromatic heterocycles. The molecule has 4 nitrogen and oxygen atoms in total. The molecule has 0 saturated carbocycles. The van der Waals surface area contributed by atoms with Gasteiger partial charge < -0.3 is 5.11 Å². The minimum atomic E-state index is -2.94. The highest BCUT2D eigenvalue weighted by atomic mass is 32.2. The SMILES string of the molecule is CCc1cnccc1C(O)CCCS(=O)(=O)CC. The number of aliphatic hydroxyl groups excluding tert-OH is 1. The van der Waals surface area contributed by atoms with Crippen molar-refractivity contribution in [3.05, 3.63) is 29.6 Å². The zero-order chi connectivity index (χ0) is 13.6. The Morgan fingerprint density at radius 1 is 1.39 bits per heavy atom. The summed E-state index contributed by atoms with van der Waals surface area (Å²) in [5.41, 5.74) is 1.88. The smallest absolute Gasteiger partial charge is 0.150 e. The Kier molecular flexibility index (Phi) is 5.75. The van der Waals surface area contributed by atoms with Gasteiger partial charge in [-0.15, -0.1) is 0 Å². The van der Waals surface area contributed by atoms with E-state index in [4.69, 9.17) is 0 Å². The molecule has 0 aliphatic heterocycles. The molecule has 1 aromatic rings. The highest BCUT2D eigenvalue weighted by Gasteiger charge is 2.13. The van der Waals surface area contributed by atoms with E-state index >= 15 is 0 Å². The van der Waals surface area contributed by atoms with Gasteiger partial charge in [0.2, 0.25) is 0 Å². The molecule has 1 N–H and O–H groups in total. The van der Waals surface area contributed by atoms with E-state index < -0.39 is 15.9 Å². The zero-order valence-electron chi connectivity index (χ0n) is 11.0. The largest absolute Gasteiger partial charge is 0.388 e. The van der Waals surface area contributed by atoms with Gasteiger partial charge in [0.15, 0.2) is 0 Å². The monoisotopic (exact) mass is 271 g/mol. The molecular formula is C13H21NO3S. The average molecular weight is 271 g/mol. The fourth-order valence-corrected chi connectivity index (χ4v) is 2.75. The van der Waals surface area contributed by atoms with E-state index in [1.165, 1.54) is 0 Å². The number of rotatable bonds is 7. The lowest BCUT2D eigenvalue weighted by atomic mass is 10.00. The minimum absolute atomic E-state index is 0.146.